The Morgan fingerprint density at radius 1 is 0.609 bits per heavy atom. The average molecular weight is 308 g/mol. The molecular formula is C22H28O. The average Bonchev–Trinajstić information content (AvgIpc) is 2.74. The fourth-order valence-electron chi connectivity index (χ4n) is 4.26. The summed E-state index contributed by atoms with van der Waals surface area (Å²) in [6.07, 6.45) is 3.99. The highest BCUT2D eigenvalue weighted by Gasteiger charge is 2.45. The van der Waals surface area contributed by atoms with Gasteiger partial charge in [0.05, 0.1) is 11.2 Å². The lowest BCUT2D eigenvalue weighted by Crippen LogP contribution is -2.39. The van der Waals surface area contributed by atoms with E-state index in [2.05, 4.69) is 76.2 Å². The smallest absolute Gasteiger partial charge is 0.0944 e. The van der Waals surface area contributed by atoms with Gasteiger partial charge in [0.2, 0.25) is 0 Å². The van der Waals surface area contributed by atoms with Crippen molar-refractivity contribution >= 4 is 0 Å². The first-order valence-corrected chi connectivity index (χ1v) is 9.06. The summed E-state index contributed by atoms with van der Waals surface area (Å²) in [6, 6.07) is 17.7. The van der Waals surface area contributed by atoms with E-state index < -0.39 is 0 Å². The fraction of sp³-hybridized carbons (Fsp3) is 0.455. The van der Waals surface area contributed by atoms with Gasteiger partial charge < -0.3 is 4.74 Å². The molecule has 0 saturated heterocycles. The Bertz CT molecular complexity index is 618. The molecule has 1 aliphatic heterocycles. The molecule has 122 valence electrons. The van der Waals surface area contributed by atoms with E-state index >= 15 is 0 Å². The lowest BCUT2D eigenvalue weighted by molar-refractivity contribution is -0.175. The maximum absolute atomic E-state index is 7.04. The van der Waals surface area contributed by atoms with Crippen LogP contribution in [0.3, 0.4) is 0 Å². The summed E-state index contributed by atoms with van der Waals surface area (Å²) in [7, 11) is 0. The number of benzene rings is 2. The first kappa shape index (κ1) is 16.3. The van der Waals surface area contributed by atoms with E-state index in [1.807, 2.05) is 0 Å². The van der Waals surface area contributed by atoms with E-state index in [4.69, 9.17) is 4.74 Å². The SMILES string of the molecule is CCC1(CC)OC(CC)(CC)c2ccccc2-c2ccccc21. The molecule has 1 nitrogen and oxygen atoms in total. The van der Waals surface area contributed by atoms with Gasteiger partial charge in [0.15, 0.2) is 0 Å². The van der Waals surface area contributed by atoms with Crippen LogP contribution >= 0.6 is 0 Å². The molecule has 0 atom stereocenters. The third-order valence-corrected chi connectivity index (χ3v) is 5.80. The van der Waals surface area contributed by atoms with Gasteiger partial charge in [-0.2, -0.15) is 0 Å². The lowest BCUT2D eigenvalue weighted by Gasteiger charge is -2.42. The summed E-state index contributed by atoms with van der Waals surface area (Å²) < 4.78 is 7.04. The third kappa shape index (κ3) is 2.33. The van der Waals surface area contributed by atoms with Gasteiger partial charge in [-0.1, -0.05) is 76.2 Å². The van der Waals surface area contributed by atoms with Crippen molar-refractivity contribution in [2.75, 3.05) is 0 Å². The lowest BCUT2D eigenvalue weighted by atomic mass is 9.82. The largest absolute Gasteiger partial charge is 0.359 e. The highest BCUT2D eigenvalue weighted by atomic mass is 16.5. The molecule has 0 saturated carbocycles. The van der Waals surface area contributed by atoms with Crippen molar-refractivity contribution < 1.29 is 4.74 Å². The van der Waals surface area contributed by atoms with Gasteiger partial charge in [-0.25, -0.2) is 0 Å². The number of fused-ring (bicyclic) bond motifs is 3. The molecule has 0 bridgehead atoms. The highest BCUT2D eigenvalue weighted by Crippen LogP contribution is 2.52. The van der Waals surface area contributed by atoms with E-state index in [9.17, 15) is 0 Å². The topological polar surface area (TPSA) is 9.23 Å². The second-order valence-corrected chi connectivity index (χ2v) is 6.60. The van der Waals surface area contributed by atoms with Gasteiger partial charge >= 0.3 is 0 Å². The van der Waals surface area contributed by atoms with Crippen LogP contribution in [-0.2, 0) is 15.9 Å². The maximum Gasteiger partial charge on any atom is 0.0944 e. The summed E-state index contributed by atoms with van der Waals surface area (Å²) in [4.78, 5) is 0. The zero-order valence-corrected chi connectivity index (χ0v) is 14.9. The minimum absolute atomic E-state index is 0.207. The van der Waals surface area contributed by atoms with Crippen molar-refractivity contribution in [2.24, 2.45) is 0 Å². The number of hydrogen-bond donors (Lipinski definition) is 0. The molecular weight excluding hydrogens is 280 g/mol. The zero-order valence-electron chi connectivity index (χ0n) is 14.9. The van der Waals surface area contributed by atoms with Gasteiger partial charge in [-0.3, -0.25) is 0 Å². The van der Waals surface area contributed by atoms with Crippen LogP contribution in [0.15, 0.2) is 48.5 Å². The van der Waals surface area contributed by atoms with Crippen molar-refractivity contribution in [3.05, 3.63) is 59.7 Å². The minimum atomic E-state index is -0.207. The Kier molecular flexibility index (Phi) is 4.33. The molecule has 0 amide bonds. The number of hydrogen-bond acceptors (Lipinski definition) is 1. The van der Waals surface area contributed by atoms with Crippen LogP contribution in [0.5, 0.6) is 0 Å². The van der Waals surface area contributed by atoms with Crippen molar-refractivity contribution in [3.63, 3.8) is 0 Å². The van der Waals surface area contributed by atoms with Crippen molar-refractivity contribution in [1.29, 1.82) is 0 Å². The Hall–Kier alpha value is -1.60. The Morgan fingerprint density at radius 2 is 0.957 bits per heavy atom. The van der Waals surface area contributed by atoms with Gasteiger partial charge in [0.1, 0.15) is 0 Å². The van der Waals surface area contributed by atoms with Crippen molar-refractivity contribution in [2.45, 2.75) is 64.6 Å². The van der Waals surface area contributed by atoms with Crippen LogP contribution < -0.4 is 0 Å². The van der Waals surface area contributed by atoms with Gasteiger partial charge in [-0.05, 0) is 47.9 Å². The molecule has 1 aliphatic rings. The van der Waals surface area contributed by atoms with E-state index in [0.29, 0.717) is 0 Å². The van der Waals surface area contributed by atoms with E-state index in [1.165, 1.54) is 22.3 Å². The van der Waals surface area contributed by atoms with Gasteiger partial charge in [0.25, 0.3) is 0 Å². The van der Waals surface area contributed by atoms with Crippen LogP contribution in [0.1, 0.15) is 64.5 Å². The zero-order chi connectivity index (χ0) is 16.5. The van der Waals surface area contributed by atoms with Gasteiger partial charge in [0, 0.05) is 0 Å². The second-order valence-electron chi connectivity index (χ2n) is 6.60. The Balaban J connectivity index is 2.39. The van der Waals surface area contributed by atoms with Crippen molar-refractivity contribution in [3.8, 4) is 11.1 Å². The van der Waals surface area contributed by atoms with Crippen LogP contribution in [0.4, 0.5) is 0 Å². The molecule has 3 rings (SSSR count). The van der Waals surface area contributed by atoms with Crippen molar-refractivity contribution in [1.82, 2.24) is 0 Å². The predicted molar refractivity (Wildman–Crippen MR) is 97.5 cm³/mol. The van der Waals surface area contributed by atoms with Crippen LogP contribution in [0.25, 0.3) is 11.1 Å². The molecule has 23 heavy (non-hydrogen) atoms. The highest BCUT2D eigenvalue weighted by molar-refractivity contribution is 5.73. The molecule has 0 radical (unpaired) electrons. The molecule has 0 spiro atoms. The summed E-state index contributed by atoms with van der Waals surface area (Å²) in [5.41, 5.74) is 4.97. The normalized spacial score (nSPS) is 17.9. The predicted octanol–water partition coefficient (Wildman–Crippen LogP) is 6.41. The first-order valence-electron chi connectivity index (χ1n) is 9.06. The maximum atomic E-state index is 7.04. The quantitative estimate of drug-likeness (QED) is 0.633. The van der Waals surface area contributed by atoms with Crippen LogP contribution in [0.2, 0.25) is 0 Å². The third-order valence-electron chi connectivity index (χ3n) is 5.80. The molecule has 2 aromatic carbocycles. The van der Waals surface area contributed by atoms with Crippen LogP contribution in [0, 0.1) is 0 Å². The molecule has 0 N–H and O–H groups in total. The summed E-state index contributed by atoms with van der Waals surface area (Å²) >= 11 is 0. The van der Waals surface area contributed by atoms with Crippen LogP contribution in [-0.4, -0.2) is 0 Å². The van der Waals surface area contributed by atoms with E-state index in [0.717, 1.165) is 25.7 Å². The molecule has 0 fully saturated rings. The molecule has 2 aromatic rings. The summed E-state index contributed by atoms with van der Waals surface area (Å²) in [6.45, 7) is 9.03. The fourth-order valence-corrected chi connectivity index (χ4v) is 4.26. The molecule has 0 unspecified atom stereocenters. The monoisotopic (exact) mass is 308 g/mol. The molecule has 1 heteroatoms. The molecule has 0 aromatic heterocycles. The second kappa shape index (κ2) is 6.13. The molecule has 0 aliphatic carbocycles. The summed E-state index contributed by atoms with van der Waals surface area (Å²) in [5.74, 6) is 0. The summed E-state index contributed by atoms with van der Waals surface area (Å²) in [5, 5.41) is 0. The first-order chi connectivity index (χ1) is 11.2. The van der Waals surface area contributed by atoms with E-state index in [1.54, 1.807) is 0 Å². The van der Waals surface area contributed by atoms with E-state index in [-0.39, 0.29) is 11.2 Å². The minimum Gasteiger partial charge on any atom is -0.359 e. The number of rotatable bonds is 4. The Labute approximate surface area is 140 Å². The standard InChI is InChI=1S/C22H28O/c1-5-21(6-2)19-15-11-9-13-17(19)18-14-10-12-16-20(18)22(7-3,8-4)23-21/h9-16H,5-8H2,1-4H3. The Morgan fingerprint density at radius 3 is 1.30 bits per heavy atom. The molecule has 1 heterocycles. The number of ether oxygens (including phenoxy) is 1. The van der Waals surface area contributed by atoms with Gasteiger partial charge in [-0.15, -0.1) is 0 Å².